The van der Waals surface area contributed by atoms with Crippen molar-refractivity contribution >= 4 is 16.6 Å². The summed E-state index contributed by atoms with van der Waals surface area (Å²) in [6.45, 7) is 2.18. The SMILES string of the molecule is Fc1ccc(N2CCC3(CC2)OCCO3)c2nc(C(F)(F)F)ccc12. The molecule has 0 N–H and O–H groups in total. The van der Waals surface area contributed by atoms with E-state index < -0.39 is 23.5 Å². The van der Waals surface area contributed by atoms with Crippen LogP contribution in [0.25, 0.3) is 10.9 Å². The Morgan fingerprint density at radius 3 is 2.32 bits per heavy atom. The first-order valence-corrected chi connectivity index (χ1v) is 8.07. The second kappa shape index (κ2) is 5.81. The first-order chi connectivity index (χ1) is 11.9. The van der Waals surface area contributed by atoms with Gasteiger partial charge in [-0.2, -0.15) is 13.2 Å². The molecule has 1 aromatic heterocycles. The predicted octanol–water partition coefficient (Wildman–Crippen LogP) is 3.74. The molecule has 0 saturated carbocycles. The van der Waals surface area contributed by atoms with Crippen molar-refractivity contribution in [2.24, 2.45) is 0 Å². The third-order valence-corrected chi connectivity index (χ3v) is 4.75. The summed E-state index contributed by atoms with van der Waals surface area (Å²) in [7, 11) is 0. The van der Waals surface area contributed by atoms with Gasteiger partial charge in [0.1, 0.15) is 11.5 Å². The largest absolute Gasteiger partial charge is 0.433 e. The molecular weight excluding hydrogens is 340 g/mol. The van der Waals surface area contributed by atoms with Gasteiger partial charge in [0.05, 0.1) is 24.4 Å². The number of halogens is 4. The predicted molar refractivity (Wildman–Crippen MR) is 82.8 cm³/mol. The smallest absolute Gasteiger partial charge is 0.369 e. The number of pyridine rings is 1. The minimum absolute atomic E-state index is 0.0269. The fourth-order valence-corrected chi connectivity index (χ4v) is 3.45. The summed E-state index contributed by atoms with van der Waals surface area (Å²) in [5.74, 6) is -1.17. The van der Waals surface area contributed by atoms with Crippen molar-refractivity contribution < 1.29 is 27.0 Å². The minimum atomic E-state index is -4.57. The normalized spacial score (nSPS) is 20.6. The number of hydrogen-bond donors (Lipinski definition) is 0. The average Bonchev–Trinajstić information content (AvgIpc) is 3.03. The zero-order valence-corrected chi connectivity index (χ0v) is 13.3. The molecule has 2 fully saturated rings. The quantitative estimate of drug-likeness (QED) is 0.729. The lowest BCUT2D eigenvalue weighted by Gasteiger charge is -2.38. The highest BCUT2D eigenvalue weighted by molar-refractivity contribution is 5.91. The Kier molecular flexibility index (Phi) is 3.84. The number of ether oxygens (including phenoxy) is 2. The van der Waals surface area contributed by atoms with E-state index >= 15 is 0 Å². The Bertz CT molecular complexity index is 793. The number of piperidine rings is 1. The van der Waals surface area contributed by atoms with Gasteiger partial charge in [-0.1, -0.05) is 0 Å². The van der Waals surface area contributed by atoms with Crippen molar-refractivity contribution in [3.8, 4) is 0 Å². The number of alkyl halides is 3. The van der Waals surface area contributed by atoms with Gasteiger partial charge in [-0.25, -0.2) is 9.37 Å². The summed E-state index contributed by atoms with van der Waals surface area (Å²) < 4.78 is 64.3. The van der Waals surface area contributed by atoms with Crippen molar-refractivity contribution in [2.75, 3.05) is 31.2 Å². The fourth-order valence-electron chi connectivity index (χ4n) is 3.45. The molecule has 0 bridgehead atoms. The van der Waals surface area contributed by atoms with Crippen LogP contribution in [0.2, 0.25) is 0 Å². The van der Waals surface area contributed by atoms with Crippen LogP contribution in [0.4, 0.5) is 23.2 Å². The Balaban J connectivity index is 1.70. The molecule has 8 heteroatoms. The Labute approximate surface area is 141 Å². The highest BCUT2D eigenvalue weighted by atomic mass is 19.4. The van der Waals surface area contributed by atoms with Gasteiger partial charge in [0.25, 0.3) is 0 Å². The molecule has 4 nitrogen and oxygen atoms in total. The van der Waals surface area contributed by atoms with E-state index in [0.717, 1.165) is 12.1 Å². The number of benzene rings is 1. The lowest BCUT2D eigenvalue weighted by molar-refractivity contribution is -0.169. The number of anilines is 1. The summed E-state index contributed by atoms with van der Waals surface area (Å²) in [6.07, 6.45) is -3.37. The van der Waals surface area contributed by atoms with Crippen molar-refractivity contribution in [2.45, 2.75) is 24.8 Å². The molecule has 134 valence electrons. The van der Waals surface area contributed by atoms with Crippen LogP contribution in [0, 0.1) is 5.82 Å². The molecule has 2 aliphatic heterocycles. The molecule has 0 unspecified atom stereocenters. The molecule has 2 aliphatic rings. The Morgan fingerprint density at radius 1 is 1.00 bits per heavy atom. The lowest BCUT2D eigenvalue weighted by atomic mass is 10.0. The van der Waals surface area contributed by atoms with Gasteiger partial charge in [-0.3, -0.25) is 0 Å². The number of aromatic nitrogens is 1. The van der Waals surface area contributed by atoms with E-state index in [4.69, 9.17) is 9.47 Å². The molecule has 0 aliphatic carbocycles. The summed E-state index contributed by atoms with van der Waals surface area (Å²) in [4.78, 5) is 5.61. The second-order valence-corrected chi connectivity index (χ2v) is 6.25. The maximum Gasteiger partial charge on any atom is 0.433 e. The van der Waals surface area contributed by atoms with Crippen LogP contribution >= 0.6 is 0 Å². The van der Waals surface area contributed by atoms with E-state index in [1.165, 1.54) is 12.1 Å². The summed E-state index contributed by atoms with van der Waals surface area (Å²) in [6, 6.07) is 4.69. The topological polar surface area (TPSA) is 34.6 Å². The van der Waals surface area contributed by atoms with Gasteiger partial charge in [0.15, 0.2) is 5.79 Å². The molecule has 2 aromatic rings. The van der Waals surface area contributed by atoms with Gasteiger partial charge < -0.3 is 14.4 Å². The van der Waals surface area contributed by atoms with E-state index in [0.29, 0.717) is 44.8 Å². The highest BCUT2D eigenvalue weighted by Gasteiger charge is 2.40. The number of fused-ring (bicyclic) bond motifs is 1. The van der Waals surface area contributed by atoms with E-state index in [1.54, 1.807) is 0 Å². The minimum Gasteiger partial charge on any atom is -0.369 e. The summed E-state index contributed by atoms with van der Waals surface area (Å²) in [5.41, 5.74) is -0.503. The zero-order valence-electron chi connectivity index (χ0n) is 13.3. The molecule has 0 atom stereocenters. The third-order valence-electron chi connectivity index (χ3n) is 4.75. The molecular formula is C17H16F4N2O2. The van der Waals surface area contributed by atoms with Crippen LogP contribution in [-0.4, -0.2) is 37.1 Å². The van der Waals surface area contributed by atoms with E-state index in [1.807, 2.05) is 4.90 Å². The molecule has 0 radical (unpaired) electrons. The number of nitrogens with zero attached hydrogens (tertiary/aromatic N) is 2. The third kappa shape index (κ3) is 2.93. The van der Waals surface area contributed by atoms with E-state index in [9.17, 15) is 17.6 Å². The van der Waals surface area contributed by atoms with Gasteiger partial charge in [0, 0.05) is 31.3 Å². The second-order valence-electron chi connectivity index (χ2n) is 6.25. The first-order valence-electron chi connectivity index (χ1n) is 8.07. The van der Waals surface area contributed by atoms with E-state index in [2.05, 4.69) is 4.98 Å². The van der Waals surface area contributed by atoms with Gasteiger partial charge in [-0.15, -0.1) is 0 Å². The molecule has 2 saturated heterocycles. The van der Waals surface area contributed by atoms with Gasteiger partial charge in [-0.05, 0) is 24.3 Å². The lowest BCUT2D eigenvalue weighted by Crippen LogP contribution is -2.45. The van der Waals surface area contributed by atoms with Crippen LogP contribution in [0.3, 0.4) is 0 Å². The zero-order chi connectivity index (χ0) is 17.7. The molecule has 1 aromatic carbocycles. The average molecular weight is 356 g/mol. The molecule has 0 amide bonds. The molecule has 25 heavy (non-hydrogen) atoms. The molecule has 3 heterocycles. The standard InChI is InChI=1S/C17H16F4N2O2/c18-12-2-3-13(15-11(12)1-4-14(22-15)17(19,20)21)23-7-5-16(6-8-23)24-9-10-25-16/h1-4H,5-10H2. The Hall–Kier alpha value is -1.93. The Morgan fingerprint density at radius 2 is 1.68 bits per heavy atom. The molecule has 4 rings (SSSR count). The first kappa shape index (κ1) is 16.5. The summed E-state index contributed by atoms with van der Waals surface area (Å²) >= 11 is 0. The van der Waals surface area contributed by atoms with Gasteiger partial charge >= 0.3 is 6.18 Å². The maximum atomic E-state index is 14.0. The fraction of sp³-hybridized carbons (Fsp3) is 0.471. The van der Waals surface area contributed by atoms with Crippen molar-refractivity contribution in [1.29, 1.82) is 0 Å². The van der Waals surface area contributed by atoms with Crippen LogP contribution in [0.15, 0.2) is 24.3 Å². The van der Waals surface area contributed by atoms with Crippen LogP contribution in [-0.2, 0) is 15.7 Å². The maximum absolute atomic E-state index is 14.0. The molecule has 1 spiro atoms. The number of rotatable bonds is 1. The van der Waals surface area contributed by atoms with Crippen molar-refractivity contribution in [1.82, 2.24) is 4.98 Å². The highest BCUT2D eigenvalue weighted by Crippen LogP contribution is 2.37. The van der Waals surface area contributed by atoms with Crippen LogP contribution < -0.4 is 4.90 Å². The summed E-state index contributed by atoms with van der Waals surface area (Å²) in [5, 5.41) is 0.0825. The van der Waals surface area contributed by atoms with Crippen LogP contribution in [0.1, 0.15) is 18.5 Å². The monoisotopic (exact) mass is 356 g/mol. The number of hydrogen-bond acceptors (Lipinski definition) is 4. The van der Waals surface area contributed by atoms with Crippen molar-refractivity contribution in [3.63, 3.8) is 0 Å². The van der Waals surface area contributed by atoms with Crippen molar-refractivity contribution in [3.05, 3.63) is 35.8 Å². The van der Waals surface area contributed by atoms with Crippen LogP contribution in [0.5, 0.6) is 0 Å². The van der Waals surface area contributed by atoms with E-state index in [-0.39, 0.29) is 10.9 Å². The van der Waals surface area contributed by atoms with Gasteiger partial charge in [0.2, 0.25) is 0 Å².